The van der Waals surface area contributed by atoms with Gasteiger partial charge in [0.2, 0.25) is 5.91 Å². The van der Waals surface area contributed by atoms with Crippen molar-refractivity contribution >= 4 is 5.91 Å². The van der Waals surface area contributed by atoms with Crippen molar-refractivity contribution in [3.63, 3.8) is 0 Å². The van der Waals surface area contributed by atoms with Crippen molar-refractivity contribution in [2.24, 2.45) is 10.8 Å². The normalized spacial score (nSPS) is 26.8. The lowest BCUT2D eigenvalue weighted by atomic mass is 9.74. The van der Waals surface area contributed by atoms with Crippen LogP contribution in [0.5, 0.6) is 0 Å². The number of nitrogens with one attached hydrogen (secondary N) is 1. The largest absolute Gasteiger partial charge is 0.395 e. The molecule has 4 nitrogen and oxygen atoms in total. The number of carbonyl (C=O) groups is 1. The predicted molar refractivity (Wildman–Crippen MR) is 85.0 cm³/mol. The molecule has 1 amide bonds. The Morgan fingerprint density at radius 3 is 2.33 bits per heavy atom. The second-order valence-electron chi connectivity index (χ2n) is 8.30. The lowest BCUT2D eigenvalue weighted by molar-refractivity contribution is -0.148. The van der Waals surface area contributed by atoms with Gasteiger partial charge in [0.05, 0.1) is 12.0 Å². The van der Waals surface area contributed by atoms with Gasteiger partial charge in [-0.15, -0.1) is 0 Å². The fourth-order valence-corrected chi connectivity index (χ4v) is 3.59. The van der Waals surface area contributed by atoms with Crippen LogP contribution in [0.25, 0.3) is 0 Å². The fraction of sp³-hybridized carbons (Fsp3) is 0.941. The molecule has 2 aliphatic rings. The van der Waals surface area contributed by atoms with E-state index in [1.807, 2.05) is 13.8 Å². The molecule has 0 aromatic heterocycles. The van der Waals surface area contributed by atoms with Crippen molar-refractivity contribution in [3.05, 3.63) is 0 Å². The van der Waals surface area contributed by atoms with Crippen LogP contribution in [0.15, 0.2) is 0 Å². The van der Waals surface area contributed by atoms with Gasteiger partial charge in [0, 0.05) is 18.6 Å². The summed E-state index contributed by atoms with van der Waals surface area (Å²) in [5, 5.41) is 13.0. The minimum absolute atomic E-state index is 0.0826. The molecule has 122 valence electrons. The number of aliphatic hydroxyl groups is 1. The topological polar surface area (TPSA) is 52.6 Å². The highest BCUT2D eigenvalue weighted by Crippen LogP contribution is 2.39. The summed E-state index contributed by atoms with van der Waals surface area (Å²) in [6.45, 7) is 10.2. The second kappa shape index (κ2) is 6.25. The molecular formula is C17H32N2O2. The van der Waals surface area contributed by atoms with E-state index in [2.05, 4.69) is 24.1 Å². The minimum atomic E-state index is -0.671. The molecule has 0 aromatic rings. The third-order valence-corrected chi connectivity index (χ3v) is 5.34. The Bertz CT molecular complexity index is 363. The Balaban J connectivity index is 2.15. The monoisotopic (exact) mass is 296 g/mol. The predicted octanol–water partition coefficient (Wildman–Crippen LogP) is 2.16. The SMILES string of the molecule is CC1(C)CCC(N(C(=O)C(C)(C)CO)C2CCNC2)CC1. The average molecular weight is 296 g/mol. The van der Waals surface area contributed by atoms with Crippen molar-refractivity contribution in [2.75, 3.05) is 19.7 Å². The molecule has 0 bridgehead atoms. The first-order valence-corrected chi connectivity index (χ1v) is 8.41. The summed E-state index contributed by atoms with van der Waals surface area (Å²) in [6, 6.07) is 0.649. The fourth-order valence-electron chi connectivity index (χ4n) is 3.59. The Kier molecular flexibility index (Phi) is 4.99. The van der Waals surface area contributed by atoms with Crippen LogP contribution in [-0.2, 0) is 4.79 Å². The van der Waals surface area contributed by atoms with Crippen LogP contribution in [0.2, 0.25) is 0 Å². The van der Waals surface area contributed by atoms with Crippen molar-refractivity contribution in [2.45, 2.75) is 71.9 Å². The first kappa shape index (κ1) is 16.8. The van der Waals surface area contributed by atoms with E-state index in [4.69, 9.17) is 0 Å². The van der Waals surface area contributed by atoms with E-state index in [-0.39, 0.29) is 12.5 Å². The Hall–Kier alpha value is -0.610. The molecule has 21 heavy (non-hydrogen) atoms. The van der Waals surface area contributed by atoms with Crippen LogP contribution in [-0.4, -0.2) is 47.7 Å². The van der Waals surface area contributed by atoms with Crippen LogP contribution in [0.1, 0.15) is 59.8 Å². The van der Waals surface area contributed by atoms with Crippen LogP contribution < -0.4 is 5.32 Å². The van der Waals surface area contributed by atoms with Gasteiger partial charge in [0.1, 0.15) is 0 Å². The van der Waals surface area contributed by atoms with Gasteiger partial charge in [-0.25, -0.2) is 0 Å². The van der Waals surface area contributed by atoms with Crippen molar-refractivity contribution < 1.29 is 9.90 Å². The molecule has 2 fully saturated rings. The maximum Gasteiger partial charge on any atom is 0.231 e. The molecule has 0 aromatic carbocycles. The average Bonchev–Trinajstić information content (AvgIpc) is 2.94. The zero-order valence-electron chi connectivity index (χ0n) is 14.1. The van der Waals surface area contributed by atoms with Gasteiger partial charge in [-0.2, -0.15) is 0 Å². The van der Waals surface area contributed by atoms with E-state index < -0.39 is 5.41 Å². The molecule has 1 heterocycles. The summed E-state index contributed by atoms with van der Waals surface area (Å²) in [5.74, 6) is 0.128. The van der Waals surface area contributed by atoms with E-state index in [1.165, 1.54) is 12.8 Å². The number of rotatable bonds is 4. The third-order valence-electron chi connectivity index (χ3n) is 5.34. The van der Waals surface area contributed by atoms with Gasteiger partial charge in [-0.05, 0) is 57.9 Å². The highest BCUT2D eigenvalue weighted by molar-refractivity contribution is 5.82. The molecule has 0 radical (unpaired) electrons. The molecule has 4 heteroatoms. The van der Waals surface area contributed by atoms with Gasteiger partial charge in [-0.1, -0.05) is 13.8 Å². The zero-order chi connectivity index (χ0) is 15.7. The summed E-state index contributed by atoms with van der Waals surface area (Å²) < 4.78 is 0. The molecule has 1 atom stereocenters. The molecule has 2 N–H and O–H groups in total. The summed E-state index contributed by atoms with van der Waals surface area (Å²) in [6.07, 6.45) is 5.59. The maximum atomic E-state index is 13.0. The number of hydrogen-bond donors (Lipinski definition) is 2. The molecule has 1 saturated carbocycles. The highest BCUT2D eigenvalue weighted by Gasteiger charge is 2.41. The van der Waals surface area contributed by atoms with E-state index in [1.54, 1.807) is 0 Å². The van der Waals surface area contributed by atoms with Crippen molar-refractivity contribution in [1.29, 1.82) is 0 Å². The lowest BCUT2D eigenvalue weighted by Gasteiger charge is -2.45. The van der Waals surface area contributed by atoms with Crippen LogP contribution in [0.4, 0.5) is 0 Å². The molecule has 2 rings (SSSR count). The Morgan fingerprint density at radius 2 is 1.86 bits per heavy atom. The lowest BCUT2D eigenvalue weighted by Crippen LogP contribution is -2.54. The van der Waals surface area contributed by atoms with Gasteiger partial charge >= 0.3 is 0 Å². The quantitative estimate of drug-likeness (QED) is 0.836. The van der Waals surface area contributed by atoms with Crippen LogP contribution >= 0.6 is 0 Å². The van der Waals surface area contributed by atoms with Gasteiger partial charge in [0.15, 0.2) is 0 Å². The smallest absolute Gasteiger partial charge is 0.231 e. The first-order chi connectivity index (χ1) is 9.77. The molecule has 0 spiro atoms. The number of amides is 1. The van der Waals surface area contributed by atoms with Gasteiger partial charge in [-0.3, -0.25) is 4.79 Å². The molecule has 1 aliphatic carbocycles. The van der Waals surface area contributed by atoms with Gasteiger partial charge in [0.25, 0.3) is 0 Å². The summed E-state index contributed by atoms with van der Waals surface area (Å²) in [4.78, 5) is 15.1. The van der Waals surface area contributed by atoms with Gasteiger partial charge < -0.3 is 15.3 Å². The molecule has 1 unspecified atom stereocenters. The summed E-state index contributed by atoms with van der Waals surface area (Å²) in [7, 11) is 0. The van der Waals surface area contributed by atoms with Crippen molar-refractivity contribution in [1.82, 2.24) is 10.2 Å². The third kappa shape index (κ3) is 3.78. The van der Waals surface area contributed by atoms with Crippen LogP contribution in [0.3, 0.4) is 0 Å². The maximum absolute atomic E-state index is 13.0. The van der Waals surface area contributed by atoms with E-state index >= 15 is 0 Å². The number of hydrogen-bond acceptors (Lipinski definition) is 3. The summed E-state index contributed by atoms with van der Waals surface area (Å²) >= 11 is 0. The van der Waals surface area contributed by atoms with E-state index in [0.717, 1.165) is 32.4 Å². The van der Waals surface area contributed by atoms with E-state index in [0.29, 0.717) is 17.5 Å². The standard InChI is InChI=1S/C17H32N2O2/c1-16(2)8-5-13(6-9-16)19(14-7-10-18-11-14)15(21)17(3,4)12-20/h13-14,18,20H,5-12H2,1-4H3. The number of carbonyl (C=O) groups excluding carboxylic acids is 1. The van der Waals surface area contributed by atoms with Crippen molar-refractivity contribution in [3.8, 4) is 0 Å². The highest BCUT2D eigenvalue weighted by atomic mass is 16.3. The Morgan fingerprint density at radius 1 is 1.24 bits per heavy atom. The molecule has 1 saturated heterocycles. The zero-order valence-corrected chi connectivity index (χ0v) is 14.1. The summed E-state index contributed by atoms with van der Waals surface area (Å²) in [5.41, 5.74) is -0.263. The Labute approximate surface area is 129 Å². The van der Waals surface area contributed by atoms with E-state index in [9.17, 15) is 9.90 Å². The molecular weight excluding hydrogens is 264 g/mol. The molecule has 1 aliphatic heterocycles. The number of nitrogens with zero attached hydrogens (tertiary/aromatic N) is 1. The van der Waals surface area contributed by atoms with Crippen LogP contribution in [0, 0.1) is 10.8 Å². The number of aliphatic hydroxyl groups excluding tert-OH is 1. The first-order valence-electron chi connectivity index (χ1n) is 8.41. The minimum Gasteiger partial charge on any atom is -0.395 e. The second-order valence-corrected chi connectivity index (χ2v) is 8.30.